The van der Waals surface area contributed by atoms with Gasteiger partial charge in [0, 0.05) is 18.8 Å². The number of nitrogens with zero attached hydrogens (tertiary/aromatic N) is 1. The summed E-state index contributed by atoms with van der Waals surface area (Å²) >= 11 is 0. The van der Waals surface area contributed by atoms with Crippen LogP contribution in [0.15, 0.2) is 24.5 Å². The molecule has 0 N–H and O–H groups in total. The molecule has 0 aliphatic rings. The fourth-order valence-corrected chi connectivity index (χ4v) is 5.11. The van der Waals surface area contributed by atoms with Crippen molar-refractivity contribution in [2.24, 2.45) is 0 Å². The number of halogens is 1. The normalized spacial score (nSPS) is 10.8. The van der Waals surface area contributed by atoms with E-state index in [0.29, 0.717) is 12.0 Å². The summed E-state index contributed by atoms with van der Waals surface area (Å²) in [5, 5.41) is 0. The molecule has 1 heterocycles. The van der Waals surface area contributed by atoms with Crippen molar-refractivity contribution >= 4 is 24.3 Å². The zero-order chi connectivity index (χ0) is 27.4. The number of esters is 2. The topological polar surface area (TPSA) is 56.3 Å². The van der Waals surface area contributed by atoms with Gasteiger partial charge in [0.25, 0.3) is 0 Å². The van der Waals surface area contributed by atoms with Crippen molar-refractivity contribution in [1.82, 2.24) is 4.98 Å². The molecule has 0 amide bonds. The Hall–Kier alpha value is -1.42. The van der Waals surface area contributed by atoms with Crippen molar-refractivity contribution in [3.63, 3.8) is 0 Å². The van der Waals surface area contributed by atoms with Gasteiger partial charge in [-0.05, 0) is 18.6 Å². The first-order valence-electron chi connectivity index (χ1n) is 16.4. The Morgan fingerprint density at radius 2 is 0.949 bits per heavy atom. The first-order chi connectivity index (χ1) is 18.7. The third-order valence-corrected chi connectivity index (χ3v) is 7.59. The molecule has 0 fully saturated rings. The number of hydrogen-bond donors (Lipinski definition) is 0. The Kier molecular flexibility index (Phi) is 28.5. The maximum Gasteiger partial charge on any atom is 0.347 e. The Morgan fingerprint density at radius 3 is 1.28 bits per heavy atom. The summed E-state index contributed by atoms with van der Waals surface area (Å²) < 4.78 is 4.87. The van der Waals surface area contributed by atoms with Gasteiger partial charge in [-0.2, -0.15) is 0 Å². The van der Waals surface area contributed by atoms with E-state index in [4.69, 9.17) is 4.74 Å². The number of carbonyl (C=O) groups is 2. The molecule has 0 bridgehead atoms. The number of unbranched alkanes of at least 4 members (excludes halogenated alkanes) is 24. The Labute approximate surface area is 247 Å². The molecule has 0 aliphatic heterocycles. The van der Waals surface area contributed by atoms with E-state index in [0.717, 1.165) is 19.3 Å². The highest BCUT2D eigenvalue weighted by molar-refractivity contribution is 5.96. The zero-order valence-electron chi connectivity index (χ0n) is 25.3. The highest BCUT2D eigenvalue weighted by Gasteiger charge is 2.12. The van der Waals surface area contributed by atoms with E-state index in [9.17, 15) is 9.59 Å². The molecule has 0 saturated carbocycles. The molecule has 0 unspecified atom stereocenters. The van der Waals surface area contributed by atoms with Crippen LogP contribution in [0.2, 0.25) is 0 Å². The van der Waals surface area contributed by atoms with Gasteiger partial charge in [0.2, 0.25) is 0 Å². The van der Waals surface area contributed by atoms with Gasteiger partial charge in [-0.3, -0.25) is 9.78 Å². The molecule has 1 rings (SSSR count). The van der Waals surface area contributed by atoms with Crippen LogP contribution in [0.5, 0.6) is 0 Å². The minimum atomic E-state index is -0.609. The fraction of sp³-hybridized carbons (Fsp3) is 0.794. The summed E-state index contributed by atoms with van der Waals surface area (Å²) in [5.74, 6) is -1.05. The second kappa shape index (κ2) is 29.6. The third-order valence-electron chi connectivity index (χ3n) is 7.59. The molecule has 5 heteroatoms. The van der Waals surface area contributed by atoms with Gasteiger partial charge >= 0.3 is 11.9 Å². The molecule has 4 nitrogen and oxygen atoms in total. The predicted octanol–water partition coefficient (Wildman–Crippen LogP) is 11.3. The van der Waals surface area contributed by atoms with E-state index in [1.54, 1.807) is 18.3 Å². The van der Waals surface area contributed by atoms with Gasteiger partial charge in [-0.1, -0.05) is 161 Å². The molecule has 0 aromatic carbocycles. The van der Waals surface area contributed by atoms with Crippen LogP contribution in [0.25, 0.3) is 0 Å². The SMILES string of the molecule is CCCCCCCCCCCCCCCCCCCCCCCCCCCC(=O)OC(=O)c1cccnc1.Cl. The molecule has 1 aromatic heterocycles. The molecule has 0 spiro atoms. The van der Waals surface area contributed by atoms with E-state index < -0.39 is 11.9 Å². The maximum absolute atomic E-state index is 11.8. The second-order valence-electron chi connectivity index (χ2n) is 11.2. The van der Waals surface area contributed by atoms with Gasteiger partial charge in [0.1, 0.15) is 0 Å². The van der Waals surface area contributed by atoms with Crippen molar-refractivity contribution < 1.29 is 14.3 Å². The number of carbonyl (C=O) groups excluding carboxylic acids is 2. The van der Waals surface area contributed by atoms with Crippen LogP contribution in [0.3, 0.4) is 0 Å². The fourth-order valence-electron chi connectivity index (χ4n) is 5.11. The van der Waals surface area contributed by atoms with Crippen molar-refractivity contribution in [2.45, 2.75) is 174 Å². The molecular formula is C34H60ClNO3. The molecule has 226 valence electrons. The maximum atomic E-state index is 11.8. The minimum Gasteiger partial charge on any atom is -0.389 e. The number of hydrogen-bond acceptors (Lipinski definition) is 4. The first-order valence-corrected chi connectivity index (χ1v) is 16.4. The highest BCUT2D eigenvalue weighted by atomic mass is 35.5. The average Bonchev–Trinajstić information content (AvgIpc) is 2.93. The lowest BCUT2D eigenvalue weighted by atomic mass is 10.0. The van der Waals surface area contributed by atoms with Crippen LogP contribution in [0, 0.1) is 0 Å². The van der Waals surface area contributed by atoms with E-state index in [1.165, 1.54) is 147 Å². The van der Waals surface area contributed by atoms with E-state index in [-0.39, 0.29) is 12.4 Å². The van der Waals surface area contributed by atoms with E-state index >= 15 is 0 Å². The standard InChI is InChI=1S/C34H59NO3.ClH/c1-2-3-4-5-6-7-8-9-10-11-12-13-14-15-16-17-18-19-20-21-22-23-24-25-26-29-33(36)38-34(37)32-28-27-30-35-31-32;/h27-28,30-31H,2-26,29H2,1H3;1H. The van der Waals surface area contributed by atoms with Crippen LogP contribution in [0.1, 0.15) is 184 Å². The lowest BCUT2D eigenvalue weighted by molar-refractivity contribution is -0.138. The summed E-state index contributed by atoms with van der Waals surface area (Å²) in [6.45, 7) is 2.29. The van der Waals surface area contributed by atoms with Crippen molar-refractivity contribution in [2.75, 3.05) is 0 Å². The Balaban J connectivity index is 0.0000144. The zero-order valence-corrected chi connectivity index (χ0v) is 26.1. The number of rotatable bonds is 27. The van der Waals surface area contributed by atoms with Gasteiger partial charge in [0.05, 0.1) is 5.56 Å². The van der Waals surface area contributed by atoms with Gasteiger partial charge in [0.15, 0.2) is 0 Å². The molecule has 0 radical (unpaired) electrons. The largest absolute Gasteiger partial charge is 0.389 e. The number of aromatic nitrogens is 1. The van der Waals surface area contributed by atoms with E-state index in [1.807, 2.05) is 0 Å². The summed E-state index contributed by atoms with van der Waals surface area (Å²) in [6, 6.07) is 3.26. The Bertz CT molecular complexity index is 668. The number of ether oxygens (including phenoxy) is 1. The van der Waals surface area contributed by atoms with Gasteiger partial charge in [-0.15, -0.1) is 12.4 Å². The number of pyridine rings is 1. The molecular weight excluding hydrogens is 506 g/mol. The first kappa shape index (κ1) is 37.6. The van der Waals surface area contributed by atoms with Crippen LogP contribution in [-0.4, -0.2) is 16.9 Å². The molecule has 0 aliphatic carbocycles. The molecule has 0 saturated heterocycles. The van der Waals surface area contributed by atoms with Crippen molar-refractivity contribution in [3.8, 4) is 0 Å². The monoisotopic (exact) mass is 565 g/mol. The van der Waals surface area contributed by atoms with Crippen molar-refractivity contribution in [3.05, 3.63) is 30.1 Å². The summed E-state index contributed by atoms with van der Waals surface area (Å²) in [4.78, 5) is 27.5. The van der Waals surface area contributed by atoms with Crippen LogP contribution in [-0.2, 0) is 9.53 Å². The van der Waals surface area contributed by atoms with Crippen molar-refractivity contribution in [1.29, 1.82) is 0 Å². The van der Waals surface area contributed by atoms with E-state index in [2.05, 4.69) is 11.9 Å². The minimum absolute atomic E-state index is 0. The second-order valence-corrected chi connectivity index (χ2v) is 11.2. The van der Waals surface area contributed by atoms with Crippen LogP contribution in [0.4, 0.5) is 0 Å². The smallest absolute Gasteiger partial charge is 0.347 e. The summed E-state index contributed by atoms with van der Waals surface area (Å²) in [7, 11) is 0. The average molecular weight is 566 g/mol. The summed E-state index contributed by atoms with van der Waals surface area (Å²) in [5.41, 5.74) is 0.315. The van der Waals surface area contributed by atoms with Crippen LogP contribution >= 0.6 is 12.4 Å². The summed E-state index contributed by atoms with van der Waals surface area (Å²) in [6.07, 6.45) is 37.3. The third kappa shape index (κ3) is 25.3. The lowest BCUT2D eigenvalue weighted by Crippen LogP contribution is -2.12. The van der Waals surface area contributed by atoms with Gasteiger partial charge < -0.3 is 4.74 Å². The van der Waals surface area contributed by atoms with Gasteiger partial charge in [-0.25, -0.2) is 4.79 Å². The molecule has 39 heavy (non-hydrogen) atoms. The highest BCUT2D eigenvalue weighted by Crippen LogP contribution is 2.16. The quantitative estimate of drug-likeness (QED) is 0.0604. The van der Waals surface area contributed by atoms with Crippen LogP contribution < -0.4 is 0 Å². The molecule has 1 aromatic rings. The Morgan fingerprint density at radius 1 is 0.590 bits per heavy atom. The predicted molar refractivity (Wildman–Crippen MR) is 168 cm³/mol. The lowest BCUT2D eigenvalue weighted by Gasteiger charge is -2.05. The molecule has 0 atom stereocenters.